The maximum atomic E-state index is 13.1. The summed E-state index contributed by atoms with van der Waals surface area (Å²) in [6, 6.07) is 5.05. The van der Waals surface area contributed by atoms with E-state index in [0.717, 1.165) is 9.88 Å². The Morgan fingerprint density at radius 3 is 2.50 bits per heavy atom. The van der Waals surface area contributed by atoms with Crippen molar-refractivity contribution < 1.29 is 18.7 Å². The van der Waals surface area contributed by atoms with E-state index in [9.17, 15) is 14.0 Å². The molecule has 24 heavy (non-hydrogen) atoms. The molecule has 0 aliphatic carbocycles. The van der Waals surface area contributed by atoms with Crippen LogP contribution in [-0.2, 0) is 9.53 Å². The van der Waals surface area contributed by atoms with Crippen LogP contribution < -0.4 is 5.32 Å². The van der Waals surface area contributed by atoms with Gasteiger partial charge in [-0.05, 0) is 38.5 Å². The Morgan fingerprint density at radius 1 is 1.29 bits per heavy atom. The molecule has 1 unspecified atom stereocenters. The highest BCUT2D eigenvalue weighted by Gasteiger charge is 2.22. The molecular formula is C17H19FN2O3S. The van der Waals surface area contributed by atoms with Gasteiger partial charge in [-0.1, -0.05) is 12.1 Å². The average Bonchev–Trinajstić information content (AvgIpc) is 2.86. The van der Waals surface area contributed by atoms with E-state index < -0.39 is 12.0 Å². The van der Waals surface area contributed by atoms with Gasteiger partial charge in [0.15, 0.2) is 0 Å². The number of halogens is 1. The molecule has 128 valence electrons. The summed E-state index contributed by atoms with van der Waals surface area (Å²) in [7, 11) is 0. The van der Waals surface area contributed by atoms with E-state index in [1.165, 1.54) is 23.5 Å². The summed E-state index contributed by atoms with van der Waals surface area (Å²) in [5.74, 6) is -1.18. The van der Waals surface area contributed by atoms with E-state index >= 15 is 0 Å². The van der Waals surface area contributed by atoms with Crippen LogP contribution >= 0.6 is 11.3 Å². The summed E-state index contributed by atoms with van der Waals surface area (Å²) < 4.78 is 18.1. The van der Waals surface area contributed by atoms with Crippen molar-refractivity contribution in [1.82, 2.24) is 10.3 Å². The third kappa shape index (κ3) is 4.61. The quantitative estimate of drug-likeness (QED) is 0.812. The Labute approximate surface area is 143 Å². The average molecular weight is 350 g/mol. The monoisotopic (exact) mass is 350 g/mol. The number of aryl methyl sites for hydroxylation is 2. The van der Waals surface area contributed by atoms with Crippen molar-refractivity contribution in [2.24, 2.45) is 0 Å². The van der Waals surface area contributed by atoms with Gasteiger partial charge in [0.2, 0.25) is 0 Å². The molecule has 1 N–H and O–H groups in total. The zero-order chi connectivity index (χ0) is 17.7. The molecule has 0 aliphatic heterocycles. The summed E-state index contributed by atoms with van der Waals surface area (Å²) >= 11 is 1.43. The third-order valence-corrected chi connectivity index (χ3v) is 4.26. The second-order valence-corrected chi connectivity index (χ2v) is 6.63. The number of hydrogen-bond donors (Lipinski definition) is 1. The Morgan fingerprint density at radius 2 is 1.96 bits per heavy atom. The second kappa shape index (κ2) is 8.01. The molecule has 0 saturated heterocycles. The van der Waals surface area contributed by atoms with Crippen molar-refractivity contribution in [3.8, 4) is 0 Å². The lowest BCUT2D eigenvalue weighted by molar-refractivity contribution is -0.143. The zero-order valence-corrected chi connectivity index (χ0v) is 14.6. The maximum absolute atomic E-state index is 13.1. The number of nitrogens with one attached hydrogen (secondary N) is 1. The van der Waals surface area contributed by atoms with E-state index in [1.54, 1.807) is 19.1 Å². The number of carbonyl (C=O) groups is 2. The predicted octanol–water partition coefficient (Wildman–Crippen LogP) is 3.32. The SMILES string of the molecule is CCOC(=O)CC(NC(=O)c1nc(C)sc1C)c1ccc(F)cc1. The largest absolute Gasteiger partial charge is 0.466 e. The fourth-order valence-electron chi connectivity index (χ4n) is 2.30. The number of hydrogen-bond acceptors (Lipinski definition) is 5. The first-order valence-electron chi connectivity index (χ1n) is 7.56. The molecule has 0 saturated carbocycles. The van der Waals surface area contributed by atoms with Gasteiger partial charge in [0.25, 0.3) is 5.91 Å². The first-order valence-corrected chi connectivity index (χ1v) is 8.38. The van der Waals surface area contributed by atoms with Crippen LogP contribution in [0.2, 0.25) is 0 Å². The fourth-order valence-corrected chi connectivity index (χ4v) is 3.12. The number of amides is 1. The van der Waals surface area contributed by atoms with E-state index in [2.05, 4.69) is 10.3 Å². The Balaban J connectivity index is 2.21. The van der Waals surface area contributed by atoms with Gasteiger partial charge < -0.3 is 10.1 Å². The van der Waals surface area contributed by atoms with Crippen LogP contribution in [0, 0.1) is 19.7 Å². The summed E-state index contributed by atoms with van der Waals surface area (Å²) in [5, 5.41) is 3.59. The number of ether oxygens (including phenoxy) is 1. The normalized spacial score (nSPS) is 11.8. The molecule has 2 rings (SSSR count). The number of thiazole rings is 1. The minimum Gasteiger partial charge on any atom is -0.466 e. The number of aromatic nitrogens is 1. The smallest absolute Gasteiger partial charge is 0.308 e. The van der Waals surface area contributed by atoms with Crippen molar-refractivity contribution in [2.45, 2.75) is 33.2 Å². The molecule has 1 aromatic carbocycles. The molecule has 0 radical (unpaired) electrons. The fraction of sp³-hybridized carbons (Fsp3) is 0.353. The second-order valence-electron chi connectivity index (χ2n) is 5.22. The van der Waals surface area contributed by atoms with Crippen molar-refractivity contribution in [3.63, 3.8) is 0 Å². The van der Waals surface area contributed by atoms with Crippen molar-refractivity contribution in [2.75, 3.05) is 6.61 Å². The van der Waals surface area contributed by atoms with Crippen molar-refractivity contribution in [1.29, 1.82) is 0 Å². The highest BCUT2D eigenvalue weighted by molar-refractivity contribution is 7.11. The van der Waals surface area contributed by atoms with Gasteiger partial charge in [-0.2, -0.15) is 0 Å². The van der Waals surface area contributed by atoms with Crippen LogP contribution in [0.5, 0.6) is 0 Å². The maximum Gasteiger partial charge on any atom is 0.308 e. The number of rotatable bonds is 6. The highest BCUT2D eigenvalue weighted by atomic mass is 32.1. The molecule has 0 fully saturated rings. The first-order chi connectivity index (χ1) is 11.4. The topological polar surface area (TPSA) is 68.3 Å². The van der Waals surface area contributed by atoms with Gasteiger partial charge in [-0.15, -0.1) is 11.3 Å². The molecule has 1 atom stereocenters. The number of benzene rings is 1. The standard InChI is InChI=1S/C17H19FN2O3S/c1-4-23-15(21)9-14(12-5-7-13(18)8-6-12)20-17(22)16-10(2)24-11(3)19-16/h5-8,14H,4,9H2,1-3H3,(H,20,22). The lowest BCUT2D eigenvalue weighted by Crippen LogP contribution is -2.31. The van der Waals surface area contributed by atoms with Gasteiger partial charge in [-0.25, -0.2) is 9.37 Å². The van der Waals surface area contributed by atoms with Gasteiger partial charge in [0.1, 0.15) is 11.5 Å². The molecule has 1 heterocycles. The molecule has 5 nitrogen and oxygen atoms in total. The third-order valence-electron chi connectivity index (χ3n) is 3.37. The molecule has 1 amide bonds. The van der Waals surface area contributed by atoms with Gasteiger partial charge in [-0.3, -0.25) is 9.59 Å². The summed E-state index contributed by atoms with van der Waals surface area (Å²) in [5.41, 5.74) is 0.968. The summed E-state index contributed by atoms with van der Waals surface area (Å²) in [6.07, 6.45) is -0.0343. The van der Waals surface area contributed by atoms with Crippen LogP contribution in [0.4, 0.5) is 4.39 Å². The molecule has 7 heteroatoms. The van der Waals surface area contributed by atoms with Gasteiger partial charge in [0.05, 0.1) is 24.1 Å². The van der Waals surface area contributed by atoms with Crippen LogP contribution in [0.1, 0.15) is 45.3 Å². The Bertz CT molecular complexity index is 728. The Kier molecular flexibility index (Phi) is 6.03. The lowest BCUT2D eigenvalue weighted by atomic mass is 10.0. The Hall–Kier alpha value is -2.28. The zero-order valence-electron chi connectivity index (χ0n) is 13.8. The van der Waals surface area contributed by atoms with Crippen molar-refractivity contribution in [3.05, 3.63) is 51.2 Å². The molecule has 1 aromatic heterocycles. The first kappa shape index (κ1) is 18.1. The number of esters is 1. The minimum atomic E-state index is -0.612. The summed E-state index contributed by atoms with van der Waals surface area (Å²) in [4.78, 5) is 29.3. The summed E-state index contributed by atoms with van der Waals surface area (Å²) in [6.45, 7) is 5.61. The van der Waals surface area contributed by atoms with E-state index in [-0.39, 0.29) is 24.8 Å². The van der Waals surface area contributed by atoms with E-state index in [1.807, 2.05) is 13.8 Å². The number of nitrogens with zero attached hydrogens (tertiary/aromatic N) is 1. The molecule has 0 spiro atoms. The van der Waals surface area contributed by atoms with Crippen LogP contribution in [-0.4, -0.2) is 23.5 Å². The van der Waals surface area contributed by atoms with Crippen LogP contribution in [0.25, 0.3) is 0 Å². The van der Waals surface area contributed by atoms with E-state index in [4.69, 9.17) is 4.74 Å². The van der Waals surface area contributed by atoms with Gasteiger partial charge >= 0.3 is 5.97 Å². The predicted molar refractivity (Wildman–Crippen MR) is 89.4 cm³/mol. The molecule has 0 aliphatic rings. The lowest BCUT2D eigenvalue weighted by Gasteiger charge is -2.18. The molecular weight excluding hydrogens is 331 g/mol. The molecule has 2 aromatic rings. The highest BCUT2D eigenvalue weighted by Crippen LogP contribution is 2.21. The molecule has 0 bridgehead atoms. The minimum absolute atomic E-state index is 0.0343. The van der Waals surface area contributed by atoms with E-state index in [0.29, 0.717) is 11.3 Å². The van der Waals surface area contributed by atoms with Crippen LogP contribution in [0.15, 0.2) is 24.3 Å². The number of carbonyl (C=O) groups excluding carboxylic acids is 2. The van der Waals surface area contributed by atoms with Crippen LogP contribution in [0.3, 0.4) is 0 Å². The van der Waals surface area contributed by atoms with Crippen molar-refractivity contribution >= 4 is 23.2 Å². The van der Waals surface area contributed by atoms with Gasteiger partial charge in [0, 0.05) is 4.88 Å².